The largest absolute Gasteiger partial charge is 0.435 e. The molecule has 0 unspecified atom stereocenters. The predicted octanol–water partition coefficient (Wildman–Crippen LogP) is 2.67. The maximum absolute atomic E-state index is 13.0. The summed E-state index contributed by atoms with van der Waals surface area (Å²) in [4.78, 5) is 19.1. The monoisotopic (exact) mass is 348 g/mol. The highest BCUT2D eigenvalue weighted by molar-refractivity contribution is 5.92. The molecule has 0 radical (unpaired) electrons. The van der Waals surface area contributed by atoms with E-state index in [4.69, 9.17) is 9.15 Å². The molecular formula is C18H28N4O3. The molecule has 2 heterocycles. The number of aryl methyl sites for hydroxylation is 4. The molecule has 2 aromatic heterocycles. The van der Waals surface area contributed by atoms with Crippen LogP contribution in [0.25, 0.3) is 0 Å². The molecule has 0 aliphatic carbocycles. The van der Waals surface area contributed by atoms with E-state index in [2.05, 4.69) is 17.0 Å². The van der Waals surface area contributed by atoms with Crippen molar-refractivity contribution in [2.75, 3.05) is 20.3 Å². The Bertz CT molecular complexity index is 733. The van der Waals surface area contributed by atoms with Crippen LogP contribution in [0.4, 0.5) is 0 Å². The van der Waals surface area contributed by atoms with E-state index in [1.54, 1.807) is 18.9 Å². The van der Waals surface area contributed by atoms with Crippen molar-refractivity contribution in [1.82, 2.24) is 19.7 Å². The van der Waals surface area contributed by atoms with Crippen LogP contribution in [-0.4, -0.2) is 45.8 Å². The van der Waals surface area contributed by atoms with Gasteiger partial charge in [0, 0.05) is 44.4 Å². The van der Waals surface area contributed by atoms with E-state index in [0.29, 0.717) is 43.5 Å². The van der Waals surface area contributed by atoms with Crippen LogP contribution in [0.2, 0.25) is 0 Å². The van der Waals surface area contributed by atoms with Gasteiger partial charge in [-0.2, -0.15) is 5.10 Å². The van der Waals surface area contributed by atoms with Gasteiger partial charge in [0.2, 0.25) is 5.76 Å². The molecule has 0 spiro atoms. The van der Waals surface area contributed by atoms with Crippen LogP contribution in [0.1, 0.15) is 52.9 Å². The van der Waals surface area contributed by atoms with Crippen LogP contribution < -0.4 is 0 Å². The SMILES string of the molecule is CCc1nc(C)c(C(=O)N(CCOC)Cc2c(C)nn(CC)c2C)o1. The molecule has 0 atom stereocenters. The highest BCUT2D eigenvalue weighted by Gasteiger charge is 2.25. The van der Waals surface area contributed by atoms with Crippen molar-refractivity contribution in [3.63, 3.8) is 0 Å². The molecule has 7 nitrogen and oxygen atoms in total. The highest BCUT2D eigenvalue weighted by Crippen LogP contribution is 2.19. The molecule has 138 valence electrons. The summed E-state index contributed by atoms with van der Waals surface area (Å²) in [7, 11) is 1.63. The third kappa shape index (κ3) is 4.10. The maximum Gasteiger partial charge on any atom is 0.291 e. The number of hydrogen-bond acceptors (Lipinski definition) is 5. The Balaban J connectivity index is 2.31. The lowest BCUT2D eigenvalue weighted by Gasteiger charge is -2.22. The molecule has 2 aromatic rings. The van der Waals surface area contributed by atoms with Gasteiger partial charge in [0.1, 0.15) is 0 Å². The minimum Gasteiger partial charge on any atom is -0.435 e. The first-order valence-electron chi connectivity index (χ1n) is 8.70. The lowest BCUT2D eigenvalue weighted by atomic mass is 10.1. The zero-order valence-corrected chi connectivity index (χ0v) is 16.0. The average Bonchev–Trinajstić information content (AvgIpc) is 3.11. The first-order valence-corrected chi connectivity index (χ1v) is 8.70. The fourth-order valence-corrected chi connectivity index (χ4v) is 2.86. The molecule has 0 N–H and O–H groups in total. The molecule has 0 aliphatic rings. The van der Waals surface area contributed by atoms with E-state index < -0.39 is 0 Å². The topological polar surface area (TPSA) is 73.4 Å². The van der Waals surface area contributed by atoms with Crippen molar-refractivity contribution in [3.8, 4) is 0 Å². The Labute approximate surface area is 149 Å². The number of aromatic nitrogens is 3. The van der Waals surface area contributed by atoms with Crippen LogP contribution in [0, 0.1) is 20.8 Å². The summed E-state index contributed by atoms with van der Waals surface area (Å²) in [5, 5.41) is 4.54. The number of ether oxygens (including phenoxy) is 1. The van der Waals surface area contributed by atoms with Crippen molar-refractivity contribution >= 4 is 5.91 Å². The molecule has 0 bridgehead atoms. The third-order valence-electron chi connectivity index (χ3n) is 4.37. The summed E-state index contributed by atoms with van der Waals surface area (Å²) in [6.07, 6.45) is 0.660. The zero-order chi connectivity index (χ0) is 18.6. The smallest absolute Gasteiger partial charge is 0.291 e. The van der Waals surface area contributed by atoms with Gasteiger partial charge in [0.15, 0.2) is 5.89 Å². The Morgan fingerprint density at radius 1 is 1.24 bits per heavy atom. The normalized spacial score (nSPS) is 11.1. The van der Waals surface area contributed by atoms with Gasteiger partial charge < -0.3 is 14.1 Å². The molecule has 1 amide bonds. The standard InChI is InChI=1S/C18H28N4O3/c1-7-16-19-13(4)17(25-16)18(23)21(9-10-24-6)11-15-12(3)20-22(8-2)14(15)5/h7-11H2,1-6H3. The summed E-state index contributed by atoms with van der Waals surface area (Å²) < 4.78 is 12.8. The number of oxazole rings is 1. The van der Waals surface area contributed by atoms with Crippen molar-refractivity contribution in [3.05, 3.63) is 34.3 Å². The molecule has 7 heteroatoms. The Hall–Kier alpha value is -2.15. The van der Waals surface area contributed by atoms with E-state index >= 15 is 0 Å². The number of amides is 1. The van der Waals surface area contributed by atoms with Crippen molar-refractivity contribution in [2.45, 2.75) is 54.1 Å². The van der Waals surface area contributed by atoms with Gasteiger partial charge in [0.25, 0.3) is 5.91 Å². The average molecular weight is 348 g/mol. The first kappa shape index (κ1) is 19.2. The van der Waals surface area contributed by atoms with Crippen LogP contribution >= 0.6 is 0 Å². The van der Waals surface area contributed by atoms with Gasteiger partial charge in [-0.25, -0.2) is 4.98 Å². The van der Waals surface area contributed by atoms with E-state index in [1.165, 1.54) is 0 Å². The number of rotatable bonds is 8. The minimum atomic E-state index is -0.162. The lowest BCUT2D eigenvalue weighted by molar-refractivity contribution is 0.0646. The molecule has 0 aliphatic heterocycles. The Kier molecular flexibility index (Phi) is 6.36. The predicted molar refractivity (Wildman–Crippen MR) is 94.6 cm³/mol. The molecule has 0 fully saturated rings. The summed E-state index contributed by atoms with van der Waals surface area (Å²) in [6.45, 7) is 12.0. The fraction of sp³-hybridized carbons (Fsp3) is 0.611. The van der Waals surface area contributed by atoms with Gasteiger partial charge in [0.05, 0.1) is 18.0 Å². The van der Waals surface area contributed by atoms with Gasteiger partial charge in [-0.15, -0.1) is 0 Å². The van der Waals surface area contributed by atoms with Gasteiger partial charge >= 0.3 is 0 Å². The van der Waals surface area contributed by atoms with Crippen LogP contribution in [0.3, 0.4) is 0 Å². The Morgan fingerprint density at radius 3 is 2.48 bits per heavy atom. The minimum absolute atomic E-state index is 0.162. The number of methoxy groups -OCH3 is 1. The summed E-state index contributed by atoms with van der Waals surface area (Å²) in [6, 6.07) is 0. The molecule has 0 saturated heterocycles. The van der Waals surface area contributed by atoms with Gasteiger partial charge in [-0.3, -0.25) is 9.48 Å². The molecule has 0 aromatic carbocycles. The van der Waals surface area contributed by atoms with E-state index in [-0.39, 0.29) is 5.91 Å². The fourth-order valence-electron chi connectivity index (χ4n) is 2.86. The number of carbonyl (C=O) groups is 1. The van der Waals surface area contributed by atoms with Gasteiger partial charge in [-0.05, 0) is 27.7 Å². The maximum atomic E-state index is 13.0. The van der Waals surface area contributed by atoms with Crippen LogP contribution in [-0.2, 0) is 24.2 Å². The summed E-state index contributed by atoms with van der Waals surface area (Å²) in [5.74, 6) is 0.731. The van der Waals surface area contributed by atoms with Crippen molar-refractivity contribution in [2.24, 2.45) is 0 Å². The molecule has 2 rings (SSSR count). The summed E-state index contributed by atoms with van der Waals surface area (Å²) >= 11 is 0. The quantitative estimate of drug-likeness (QED) is 0.733. The zero-order valence-electron chi connectivity index (χ0n) is 16.0. The Morgan fingerprint density at radius 2 is 1.96 bits per heavy atom. The number of hydrogen-bond donors (Lipinski definition) is 0. The highest BCUT2D eigenvalue weighted by atomic mass is 16.5. The lowest BCUT2D eigenvalue weighted by Crippen LogP contribution is -2.34. The second-order valence-electron chi connectivity index (χ2n) is 6.06. The number of carbonyl (C=O) groups excluding carboxylic acids is 1. The molecule has 25 heavy (non-hydrogen) atoms. The third-order valence-corrected chi connectivity index (χ3v) is 4.37. The second-order valence-corrected chi connectivity index (χ2v) is 6.06. The van der Waals surface area contributed by atoms with E-state index in [1.807, 2.05) is 25.5 Å². The second kappa shape index (κ2) is 8.29. The van der Waals surface area contributed by atoms with Crippen LogP contribution in [0.5, 0.6) is 0 Å². The summed E-state index contributed by atoms with van der Waals surface area (Å²) in [5.41, 5.74) is 3.72. The first-order chi connectivity index (χ1) is 11.9. The van der Waals surface area contributed by atoms with Crippen molar-refractivity contribution in [1.29, 1.82) is 0 Å². The van der Waals surface area contributed by atoms with E-state index in [9.17, 15) is 4.79 Å². The molecular weight excluding hydrogens is 320 g/mol. The van der Waals surface area contributed by atoms with E-state index in [0.717, 1.165) is 23.5 Å². The van der Waals surface area contributed by atoms with Crippen molar-refractivity contribution < 1.29 is 13.9 Å². The molecule has 0 saturated carbocycles. The van der Waals surface area contributed by atoms with Crippen LogP contribution in [0.15, 0.2) is 4.42 Å². The number of nitrogens with zero attached hydrogens (tertiary/aromatic N) is 4. The van der Waals surface area contributed by atoms with Gasteiger partial charge in [-0.1, -0.05) is 6.92 Å².